The Bertz CT molecular complexity index is 776. The van der Waals surface area contributed by atoms with Crippen LogP contribution < -0.4 is 14.4 Å². The summed E-state index contributed by atoms with van der Waals surface area (Å²) in [6, 6.07) is 10.3. The zero-order valence-electron chi connectivity index (χ0n) is 14.8. The molecular weight excluding hydrogens is 341 g/mol. The zero-order chi connectivity index (χ0) is 19.1. The zero-order valence-corrected chi connectivity index (χ0v) is 14.8. The smallest absolute Gasteiger partial charge is 0.342 e. The van der Waals surface area contributed by atoms with Crippen LogP contribution in [-0.4, -0.2) is 39.2 Å². The summed E-state index contributed by atoms with van der Waals surface area (Å²) in [6.45, 7) is 1.67. The van der Waals surface area contributed by atoms with E-state index in [4.69, 9.17) is 14.2 Å². The average molecular weight is 361 g/mol. The maximum atomic E-state index is 13.0. The summed E-state index contributed by atoms with van der Waals surface area (Å²) >= 11 is 0. The van der Waals surface area contributed by atoms with Crippen molar-refractivity contribution in [1.82, 2.24) is 0 Å². The largest absolute Gasteiger partial charge is 0.493 e. The fourth-order valence-corrected chi connectivity index (χ4v) is 2.45. The molecule has 0 aliphatic rings. The molecule has 0 N–H and O–H groups in total. The number of anilines is 1. The van der Waals surface area contributed by atoms with Crippen LogP contribution in [0.3, 0.4) is 0 Å². The number of amides is 1. The molecule has 0 radical (unpaired) electrons. The number of carbonyl (C=O) groups is 2. The van der Waals surface area contributed by atoms with Crippen molar-refractivity contribution in [2.45, 2.75) is 6.92 Å². The first-order chi connectivity index (χ1) is 12.5. The first kappa shape index (κ1) is 19.2. The van der Waals surface area contributed by atoms with Crippen LogP contribution >= 0.6 is 0 Å². The van der Waals surface area contributed by atoms with Crippen molar-refractivity contribution < 1.29 is 28.2 Å². The third-order valence-corrected chi connectivity index (χ3v) is 3.71. The van der Waals surface area contributed by atoms with E-state index in [-0.39, 0.29) is 11.3 Å². The van der Waals surface area contributed by atoms with Gasteiger partial charge in [0.1, 0.15) is 11.4 Å². The summed E-state index contributed by atoms with van der Waals surface area (Å²) in [6.07, 6.45) is 0. The maximum Gasteiger partial charge on any atom is 0.342 e. The maximum absolute atomic E-state index is 13.0. The number of methoxy groups -OCH3 is 2. The molecule has 0 aliphatic carbocycles. The van der Waals surface area contributed by atoms with E-state index in [2.05, 4.69) is 0 Å². The number of rotatable bonds is 7. The van der Waals surface area contributed by atoms with Gasteiger partial charge in [0, 0.05) is 12.2 Å². The van der Waals surface area contributed by atoms with Crippen LogP contribution in [0.1, 0.15) is 17.3 Å². The lowest BCUT2D eigenvalue weighted by Gasteiger charge is -2.21. The van der Waals surface area contributed by atoms with Crippen molar-refractivity contribution in [2.24, 2.45) is 0 Å². The summed E-state index contributed by atoms with van der Waals surface area (Å²) in [4.78, 5) is 26.1. The molecule has 6 nitrogen and oxygen atoms in total. The van der Waals surface area contributed by atoms with Crippen LogP contribution in [0.25, 0.3) is 0 Å². The highest BCUT2D eigenvalue weighted by molar-refractivity contribution is 5.98. The quantitative estimate of drug-likeness (QED) is 0.709. The lowest BCUT2D eigenvalue weighted by Crippen LogP contribution is -2.34. The number of carbonyl (C=O) groups excluding carboxylic acids is 2. The Hall–Kier alpha value is -3.09. The van der Waals surface area contributed by atoms with E-state index in [0.29, 0.717) is 18.0 Å². The Kier molecular flexibility index (Phi) is 6.54. The number of benzene rings is 2. The first-order valence-electron chi connectivity index (χ1n) is 7.95. The van der Waals surface area contributed by atoms with Crippen LogP contribution in [-0.2, 0) is 9.53 Å². The van der Waals surface area contributed by atoms with Crippen LogP contribution in [0, 0.1) is 5.82 Å². The van der Waals surface area contributed by atoms with Gasteiger partial charge in [0.2, 0.25) is 0 Å². The van der Waals surface area contributed by atoms with E-state index >= 15 is 0 Å². The lowest BCUT2D eigenvalue weighted by atomic mass is 10.2. The molecular formula is C19H20FNO5. The third kappa shape index (κ3) is 4.30. The Morgan fingerprint density at radius 3 is 2.31 bits per heavy atom. The molecule has 0 atom stereocenters. The van der Waals surface area contributed by atoms with Gasteiger partial charge in [0.25, 0.3) is 5.91 Å². The van der Waals surface area contributed by atoms with Crippen LogP contribution in [0.5, 0.6) is 11.5 Å². The van der Waals surface area contributed by atoms with Gasteiger partial charge in [-0.2, -0.15) is 0 Å². The topological polar surface area (TPSA) is 65.1 Å². The molecule has 0 aromatic heterocycles. The molecule has 0 aliphatic heterocycles. The van der Waals surface area contributed by atoms with Gasteiger partial charge in [0.05, 0.1) is 14.2 Å². The minimum Gasteiger partial charge on any atom is -0.493 e. The molecule has 0 bridgehead atoms. The number of ether oxygens (including phenoxy) is 3. The van der Waals surface area contributed by atoms with Gasteiger partial charge < -0.3 is 19.1 Å². The second-order valence-corrected chi connectivity index (χ2v) is 5.23. The summed E-state index contributed by atoms with van der Waals surface area (Å²) in [5, 5.41) is 0. The molecule has 1 amide bonds. The van der Waals surface area contributed by atoms with E-state index in [1.807, 2.05) is 0 Å². The van der Waals surface area contributed by atoms with Crippen molar-refractivity contribution in [2.75, 3.05) is 32.3 Å². The van der Waals surface area contributed by atoms with E-state index in [0.717, 1.165) is 0 Å². The molecule has 2 rings (SSSR count). The predicted octanol–water partition coefficient (Wildman–Crippen LogP) is 3.05. The van der Waals surface area contributed by atoms with Crippen LogP contribution in [0.2, 0.25) is 0 Å². The highest BCUT2D eigenvalue weighted by Gasteiger charge is 2.21. The minimum absolute atomic E-state index is 0.157. The molecule has 0 fully saturated rings. The summed E-state index contributed by atoms with van der Waals surface area (Å²) in [5.74, 6) is -0.902. The fraction of sp³-hybridized carbons (Fsp3) is 0.263. The van der Waals surface area contributed by atoms with Crippen molar-refractivity contribution in [1.29, 1.82) is 0 Å². The van der Waals surface area contributed by atoms with Crippen LogP contribution in [0.4, 0.5) is 10.1 Å². The van der Waals surface area contributed by atoms with Gasteiger partial charge in [0.15, 0.2) is 18.1 Å². The summed E-state index contributed by atoms with van der Waals surface area (Å²) in [7, 11) is 2.87. The lowest BCUT2D eigenvalue weighted by molar-refractivity contribution is -0.121. The van der Waals surface area contributed by atoms with E-state index in [1.54, 1.807) is 19.1 Å². The molecule has 0 spiro atoms. The third-order valence-electron chi connectivity index (χ3n) is 3.71. The van der Waals surface area contributed by atoms with Gasteiger partial charge in [-0.25, -0.2) is 9.18 Å². The molecule has 26 heavy (non-hydrogen) atoms. The van der Waals surface area contributed by atoms with Crippen molar-refractivity contribution in [3.05, 3.63) is 53.8 Å². The highest BCUT2D eigenvalue weighted by Crippen LogP contribution is 2.31. The van der Waals surface area contributed by atoms with Crippen molar-refractivity contribution in [3.8, 4) is 11.5 Å². The molecule has 7 heteroatoms. The number of hydrogen-bond donors (Lipinski definition) is 0. The number of nitrogens with zero attached hydrogens (tertiary/aromatic N) is 1. The van der Waals surface area contributed by atoms with Gasteiger partial charge >= 0.3 is 5.97 Å². The number of halogens is 1. The number of esters is 1. The van der Waals surface area contributed by atoms with Gasteiger partial charge in [-0.15, -0.1) is 0 Å². The average Bonchev–Trinajstić information content (AvgIpc) is 2.67. The first-order valence-corrected chi connectivity index (χ1v) is 7.95. The Morgan fingerprint density at radius 2 is 1.73 bits per heavy atom. The number of hydrogen-bond acceptors (Lipinski definition) is 5. The second-order valence-electron chi connectivity index (χ2n) is 5.23. The Labute approximate surface area is 151 Å². The standard InChI is InChI=1S/C19H20FNO5/c1-4-21(14-10-8-13(20)9-11-14)17(22)12-26-19(23)15-6-5-7-16(24-2)18(15)25-3/h5-11H,4,12H2,1-3H3. The fourth-order valence-electron chi connectivity index (χ4n) is 2.45. The van der Waals surface area contributed by atoms with Crippen molar-refractivity contribution >= 4 is 17.6 Å². The molecule has 0 saturated heterocycles. The molecule has 138 valence electrons. The molecule has 2 aromatic rings. The van der Waals surface area contributed by atoms with Crippen molar-refractivity contribution in [3.63, 3.8) is 0 Å². The van der Waals surface area contributed by atoms with E-state index in [9.17, 15) is 14.0 Å². The van der Waals surface area contributed by atoms with Crippen LogP contribution in [0.15, 0.2) is 42.5 Å². The van der Waals surface area contributed by atoms with E-state index in [1.165, 1.54) is 49.5 Å². The monoisotopic (exact) mass is 361 g/mol. The van der Waals surface area contributed by atoms with Gasteiger partial charge in [-0.05, 0) is 43.3 Å². The molecule has 0 saturated carbocycles. The van der Waals surface area contributed by atoms with E-state index < -0.39 is 24.3 Å². The minimum atomic E-state index is -0.704. The predicted molar refractivity (Wildman–Crippen MR) is 94.3 cm³/mol. The highest BCUT2D eigenvalue weighted by atomic mass is 19.1. The van der Waals surface area contributed by atoms with Gasteiger partial charge in [-0.3, -0.25) is 4.79 Å². The van der Waals surface area contributed by atoms with Gasteiger partial charge in [-0.1, -0.05) is 6.07 Å². The number of para-hydroxylation sites is 1. The Morgan fingerprint density at radius 1 is 1.04 bits per heavy atom. The molecule has 2 aromatic carbocycles. The second kappa shape index (κ2) is 8.84. The molecule has 0 heterocycles. The number of likely N-dealkylation sites (N-methyl/N-ethyl adjacent to an activating group) is 1. The Balaban J connectivity index is 2.08. The SMILES string of the molecule is CCN(C(=O)COC(=O)c1cccc(OC)c1OC)c1ccc(F)cc1. The summed E-state index contributed by atoms with van der Waals surface area (Å²) in [5.41, 5.74) is 0.679. The summed E-state index contributed by atoms with van der Waals surface area (Å²) < 4.78 is 28.5. The molecule has 0 unspecified atom stereocenters. The normalized spacial score (nSPS) is 10.2.